The number of fused-ring (bicyclic) bond motifs is 1. The van der Waals surface area contributed by atoms with Crippen LogP contribution in [0, 0.1) is 11.8 Å². The predicted octanol–water partition coefficient (Wildman–Crippen LogP) is 5.59. The number of carbonyl (C=O) groups is 1. The molecule has 2 aromatic carbocycles. The molecule has 0 radical (unpaired) electrons. The van der Waals surface area contributed by atoms with Crippen LogP contribution in [0.4, 0.5) is 0 Å². The highest BCUT2D eigenvalue weighted by Crippen LogP contribution is 2.51. The molecular formula is C23H22BrNO. The van der Waals surface area contributed by atoms with Crippen molar-refractivity contribution >= 4 is 21.8 Å². The number of halogens is 1. The third kappa shape index (κ3) is 2.75. The van der Waals surface area contributed by atoms with Crippen molar-refractivity contribution in [1.29, 1.82) is 0 Å². The lowest BCUT2D eigenvalue weighted by molar-refractivity contribution is -0.136. The Morgan fingerprint density at radius 2 is 1.58 bits per heavy atom. The van der Waals surface area contributed by atoms with Crippen molar-refractivity contribution in [1.82, 2.24) is 4.90 Å². The molecule has 2 nitrogen and oxygen atoms in total. The van der Waals surface area contributed by atoms with Gasteiger partial charge in [-0.3, -0.25) is 4.79 Å². The molecule has 0 aromatic heterocycles. The first-order valence-corrected chi connectivity index (χ1v) is 9.78. The van der Waals surface area contributed by atoms with Crippen molar-refractivity contribution in [3.8, 4) is 0 Å². The second-order valence-corrected chi connectivity index (χ2v) is 8.42. The summed E-state index contributed by atoms with van der Waals surface area (Å²) in [7, 11) is 0. The van der Waals surface area contributed by atoms with E-state index in [2.05, 4.69) is 77.2 Å². The molecule has 132 valence electrons. The van der Waals surface area contributed by atoms with Gasteiger partial charge < -0.3 is 4.90 Å². The van der Waals surface area contributed by atoms with Crippen LogP contribution in [0.1, 0.15) is 31.0 Å². The Morgan fingerprint density at radius 1 is 0.962 bits per heavy atom. The van der Waals surface area contributed by atoms with Crippen LogP contribution in [0.2, 0.25) is 0 Å². The van der Waals surface area contributed by atoms with Gasteiger partial charge in [-0.15, -0.1) is 0 Å². The zero-order valence-electron chi connectivity index (χ0n) is 15.0. The van der Waals surface area contributed by atoms with Crippen LogP contribution in [-0.4, -0.2) is 10.8 Å². The van der Waals surface area contributed by atoms with Gasteiger partial charge in [-0.1, -0.05) is 94.8 Å². The van der Waals surface area contributed by atoms with E-state index in [1.807, 2.05) is 36.4 Å². The summed E-state index contributed by atoms with van der Waals surface area (Å²) in [5.74, 6) is 0.224. The number of allylic oxidation sites excluding steroid dienone is 2. The number of hydrogen-bond acceptors (Lipinski definition) is 1. The van der Waals surface area contributed by atoms with Crippen LogP contribution < -0.4 is 0 Å². The number of likely N-dealkylation sites (tertiary alicyclic amines) is 1. The van der Waals surface area contributed by atoms with Gasteiger partial charge in [0, 0.05) is 10.4 Å². The minimum absolute atomic E-state index is 0.0152. The Labute approximate surface area is 163 Å². The van der Waals surface area contributed by atoms with Crippen molar-refractivity contribution in [3.05, 3.63) is 94.5 Å². The maximum absolute atomic E-state index is 13.5. The third-order valence-corrected chi connectivity index (χ3v) is 6.15. The Kier molecular flexibility index (Phi) is 4.36. The molecule has 2 aromatic rings. The standard InChI is InChI=1S/C23H22BrNO/c1-23(2,17-11-7-4-8-12-17)25-21(16-9-5-3-6-10-16)20-15-18(24)13-14-19(20)22(25)26/h3-15,19-21H,1-2H3/t19-,20+,21-/m1/s1. The molecule has 3 heteroatoms. The number of rotatable bonds is 3. The van der Waals surface area contributed by atoms with Crippen LogP contribution in [0.5, 0.6) is 0 Å². The summed E-state index contributed by atoms with van der Waals surface area (Å²) in [6.07, 6.45) is 6.25. The van der Waals surface area contributed by atoms with Crippen LogP contribution in [0.15, 0.2) is 83.4 Å². The topological polar surface area (TPSA) is 20.3 Å². The van der Waals surface area contributed by atoms with E-state index in [1.165, 1.54) is 5.56 Å². The molecule has 0 bridgehead atoms. The number of nitrogens with zero attached hydrogens (tertiary/aromatic N) is 1. The molecule has 1 aliphatic carbocycles. The number of amides is 1. The smallest absolute Gasteiger partial charge is 0.231 e. The Morgan fingerprint density at radius 3 is 2.23 bits per heavy atom. The first kappa shape index (κ1) is 17.3. The molecule has 1 aliphatic heterocycles. The molecule has 2 aliphatic rings. The third-order valence-electron chi connectivity index (χ3n) is 5.62. The fourth-order valence-electron chi connectivity index (χ4n) is 4.30. The lowest BCUT2D eigenvalue weighted by atomic mass is 9.83. The lowest BCUT2D eigenvalue weighted by Gasteiger charge is -2.41. The maximum atomic E-state index is 13.5. The molecule has 1 fully saturated rings. The first-order chi connectivity index (χ1) is 12.5. The largest absolute Gasteiger partial charge is 0.325 e. The Hall–Kier alpha value is -2.13. The second kappa shape index (κ2) is 6.55. The summed E-state index contributed by atoms with van der Waals surface area (Å²) < 4.78 is 1.05. The second-order valence-electron chi connectivity index (χ2n) is 7.50. The van der Waals surface area contributed by atoms with E-state index in [0.29, 0.717) is 0 Å². The fourth-order valence-corrected chi connectivity index (χ4v) is 4.76. The molecule has 1 heterocycles. The van der Waals surface area contributed by atoms with Gasteiger partial charge in [0.05, 0.1) is 17.5 Å². The molecule has 1 amide bonds. The van der Waals surface area contributed by atoms with E-state index in [4.69, 9.17) is 0 Å². The summed E-state index contributed by atoms with van der Waals surface area (Å²) >= 11 is 3.60. The highest BCUT2D eigenvalue weighted by molar-refractivity contribution is 9.11. The van der Waals surface area contributed by atoms with Gasteiger partial charge in [0.1, 0.15) is 0 Å². The van der Waals surface area contributed by atoms with Crippen molar-refractivity contribution in [2.24, 2.45) is 11.8 Å². The summed E-state index contributed by atoms with van der Waals surface area (Å²) in [4.78, 5) is 15.6. The van der Waals surface area contributed by atoms with E-state index < -0.39 is 5.54 Å². The van der Waals surface area contributed by atoms with Gasteiger partial charge in [0.2, 0.25) is 5.91 Å². The van der Waals surface area contributed by atoms with E-state index in [-0.39, 0.29) is 23.8 Å². The Balaban J connectivity index is 1.86. The van der Waals surface area contributed by atoms with Crippen LogP contribution in [-0.2, 0) is 10.3 Å². The van der Waals surface area contributed by atoms with Gasteiger partial charge in [-0.05, 0) is 25.0 Å². The van der Waals surface area contributed by atoms with Gasteiger partial charge in [-0.25, -0.2) is 0 Å². The van der Waals surface area contributed by atoms with Crippen molar-refractivity contribution in [2.45, 2.75) is 25.4 Å². The quantitative estimate of drug-likeness (QED) is 0.649. The fraction of sp³-hybridized carbons (Fsp3) is 0.261. The molecule has 26 heavy (non-hydrogen) atoms. The molecule has 4 rings (SSSR count). The van der Waals surface area contributed by atoms with Gasteiger partial charge in [0.15, 0.2) is 0 Å². The monoisotopic (exact) mass is 407 g/mol. The normalized spacial score (nSPS) is 25.2. The van der Waals surface area contributed by atoms with Gasteiger partial charge in [-0.2, -0.15) is 0 Å². The number of hydrogen-bond donors (Lipinski definition) is 0. The van der Waals surface area contributed by atoms with Crippen molar-refractivity contribution < 1.29 is 4.79 Å². The van der Waals surface area contributed by atoms with E-state index in [0.717, 1.165) is 10.0 Å². The SMILES string of the molecule is CC(C)(c1ccccc1)N1C(=O)[C@@H]2C=CC(Br)=C[C@@H]2[C@H]1c1ccccc1. The molecule has 1 saturated heterocycles. The average Bonchev–Trinajstić information content (AvgIpc) is 2.95. The van der Waals surface area contributed by atoms with Crippen LogP contribution in [0.25, 0.3) is 0 Å². The summed E-state index contributed by atoms with van der Waals surface area (Å²) in [5, 5.41) is 0. The first-order valence-electron chi connectivity index (χ1n) is 8.99. The zero-order valence-corrected chi connectivity index (χ0v) is 16.6. The highest BCUT2D eigenvalue weighted by atomic mass is 79.9. The summed E-state index contributed by atoms with van der Waals surface area (Å²) in [5.41, 5.74) is 1.94. The molecule has 3 atom stereocenters. The van der Waals surface area contributed by atoms with E-state index in [9.17, 15) is 4.79 Å². The molecule has 0 unspecified atom stereocenters. The summed E-state index contributed by atoms with van der Waals surface area (Å²) in [6, 6.07) is 20.7. The van der Waals surface area contributed by atoms with E-state index >= 15 is 0 Å². The van der Waals surface area contributed by atoms with Crippen LogP contribution >= 0.6 is 15.9 Å². The maximum Gasteiger partial charge on any atom is 0.231 e. The van der Waals surface area contributed by atoms with Crippen molar-refractivity contribution in [2.75, 3.05) is 0 Å². The number of benzene rings is 2. The predicted molar refractivity (Wildman–Crippen MR) is 109 cm³/mol. The van der Waals surface area contributed by atoms with Crippen molar-refractivity contribution in [3.63, 3.8) is 0 Å². The highest BCUT2D eigenvalue weighted by Gasteiger charge is 2.52. The number of carbonyl (C=O) groups excluding carboxylic acids is 1. The average molecular weight is 408 g/mol. The zero-order chi connectivity index (χ0) is 18.3. The minimum atomic E-state index is -0.398. The Bertz CT molecular complexity index is 870. The van der Waals surface area contributed by atoms with E-state index in [1.54, 1.807) is 0 Å². The van der Waals surface area contributed by atoms with Gasteiger partial charge in [0.25, 0.3) is 0 Å². The van der Waals surface area contributed by atoms with Crippen LogP contribution in [0.3, 0.4) is 0 Å². The molecule has 0 spiro atoms. The summed E-state index contributed by atoms with van der Waals surface area (Å²) in [6.45, 7) is 4.30. The molecule has 0 N–H and O–H groups in total. The van der Waals surface area contributed by atoms with Gasteiger partial charge >= 0.3 is 0 Å². The minimum Gasteiger partial charge on any atom is -0.325 e. The molecular weight excluding hydrogens is 386 g/mol. The molecule has 0 saturated carbocycles. The lowest BCUT2D eigenvalue weighted by Crippen LogP contribution is -2.44.